The van der Waals surface area contributed by atoms with Crippen LogP contribution in [0.25, 0.3) is 44.3 Å². The Kier molecular flexibility index (Phi) is 5.18. The minimum Gasteiger partial charge on any atom is -0.465 e. The summed E-state index contributed by atoms with van der Waals surface area (Å²) in [5, 5.41) is 1.41. The number of aromatic nitrogens is 1. The summed E-state index contributed by atoms with van der Waals surface area (Å²) in [6.45, 7) is 0. The number of fused-ring (bicyclic) bond motifs is 6. The Hall–Kier alpha value is -4.25. The van der Waals surface area contributed by atoms with Crippen molar-refractivity contribution in [2.75, 3.05) is 7.11 Å². The van der Waals surface area contributed by atoms with Gasteiger partial charge in [-0.05, 0) is 48.4 Å². The molecule has 172 valence electrons. The van der Waals surface area contributed by atoms with E-state index >= 15 is 0 Å². The summed E-state index contributed by atoms with van der Waals surface area (Å²) in [5.74, 6) is -0.564. The number of hydrogen-bond donors (Lipinski definition) is 0. The minimum absolute atomic E-state index is 0.212. The van der Waals surface area contributed by atoms with Crippen LogP contribution in [0.5, 0.6) is 0 Å². The minimum atomic E-state index is -0.564. The Bertz CT molecular complexity index is 1650. The van der Waals surface area contributed by atoms with Crippen LogP contribution in [-0.4, -0.2) is 18.1 Å². The van der Waals surface area contributed by atoms with Crippen LogP contribution in [0.15, 0.2) is 82.0 Å². The summed E-state index contributed by atoms with van der Waals surface area (Å²) in [6.07, 6.45) is 3.64. The summed E-state index contributed by atoms with van der Waals surface area (Å²) in [5.41, 5.74) is 6.87. The van der Waals surface area contributed by atoms with Crippen molar-refractivity contribution in [3.8, 4) is 22.4 Å². The van der Waals surface area contributed by atoms with Crippen LogP contribution in [0.3, 0.4) is 0 Å². The van der Waals surface area contributed by atoms with Gasteiger partial charge < -0.3 is 9.15 Å². The van der Waals surface area contributed by atoms with Crippen LogP contribution in [0, 0.1) is 0 Å². The Balaban J connectivity index is 1.87. The Morgan fingerprint density at radius 1 is 0.857 bits per heavy atom. The molecule has 5 nitrogen and oxygen atoms in total. The monoisotopic (exact) mass is 461 g/mol. The summed E-state index contributed by atoms with van der Waals surface area (Å²) < 4.78 is 10.9. The number of benzene rings is 3. The quantitative estimate of drug-likeness (QED) is 0.178. The molecule has 0 amide bonds. The number of carbonyl (C=O) groups is 1. The first kappa shape index (κ1) is 21.3. The molecule has 0 atom stereocenters. The standard InChI is InChI=1S/C30H23NO4/c1-34-30(33)23-17-25(32)35-29-21-15-9-8-14-20(21)28-26(27(23)29)22(18-10-4-2-5-11-18)16-24(31-28)19-12-6-3-7-13-19/h2-7,10-13,16-17H,8-9,14-15H2,1H3. The van der Waals surface area contributed by atoms with Gasteiger partial charge in [0, 0.05) is 28.0 Å². The summed E-state index contributed by atoms with van der Waals surface area (Å²) >= 11 is 0. The molecule has 0 saturated carbocycles. The van der Waals surface area contributed by atoms with Crippen LogP contribution in [0.1, 0.15) is 34.3 Å². The van der Waals surface area contributed by atoms with Crippen LogP contribution < -0.4 is 5.63 Å². The van der Waals surface area contributed by atoms with Crippen molar-refractivity contribution in [1.29, 1.82) is 0 Å². The number of hydrogen-bond acceptors (Lipinski definition) is 5. The lowest BCUT2D eigenvalue weighted by Crippen LogP contribution is -2.13. The van der Waals surface area contributed by atoms with Gasteiger partial charge in [-0.15, -0.1) is 0 Å². The average Bonchev–Trinajstić information content (AvgIpc) is 2.92. The van der Waals surface area contributed by atoms with Gasteiger partial charge in [0.05, 0.1) is 23.9 Å². The smallest absolute Gasteiger partial charge is 0.338 e. The lowest BCUT2D eigenvalue weighted by molar-refractivity contribution is 0.0602. The molecule has 0 aliphatic heterocycles. The molecule has 5 aromatic rings. The van der Waals surface area contributed by atoms with Gasteiger partial charge in [0.15, 0.2) is 0 Å². The topological polar surface area (TPSA) is 69.4 Å². The van der Waals surface area contributed by atoms with Crippen LogP contribution in [0.4, 0.5) is 0 Å². The van der Waals surface area contributed by atoms with Crippen molar-refractivity contribution in [3.63, 3.8) is 0 Å². The normalized spacial score (nSPS) is 13.1. The van der Waals surface area contributed by atoms with E-state index in [1.165, 1.54) is 13.2 Å². The van der Waals surface area contributed by atoms with E-state index in [9.17, 15) is 9.59 Å². The number of ether oxygens (including phenoxy) is 1. The molecule has 6 rings (SSSR count). The van der Waals surface area contributed by atoms with E-state index in [2.05, 4.69) is 18.2 Å². The maximum atomic E-state index is 12.9. The van der Waals surface area contributed by atoms with Crippen molar-refractivity contribution in [1.82, 2.24) is 4.98 Å². The third-order valence-corrected chi connectivity index (χ3v) is 6.82. The maximum absolute atomic E-state index is 12.9. The summed E-state index contributed by atoms with van der Waals surface area (Å²) in [4.78, 5) is 30.6. The van der Waals surface area contributed by atoms with Crippen LogP contribution in [0.2, 0.25) is 0 Å². The molecule has 2 heterocycles. The molecule has 0 fully saturated rings. The zero-order valence-corrected chi connectivity index (χ0v) is 19.3. The van der Waals surface area contributed by atoms with Crippen molar-refractivity contribution in [2.45, 2.75) is 25.7 Å². The number of methoxy groups -OCH3 is 1. The van der Waals surface area contributed by atoms with Gasteiger partial charge in [0.2, 0.25) is 0 Å². The fraction of sp³-hybridized carbons (Fsp3) is 0.167. The number of carbonyl (C=O) groups excluding carboxylic acids is 1. The molecule has 1 aliphatic carbocycles. The van der Waals surface area contributed by atoms with Crippen molar-refractivity contribution in [3.05, 3.63) is 99.9 Å². The van der Waals surface area contributed by atoms with Crippen molar-refractivity contribution < 1.29 is 13.9 Å². The second-order valence-corrected chi connectivity index (χ2v) is 8.85. The average molecular weight is 462 g/mol. The molecule has 0 bridgehead atoms. The molecule has 2 aromatic heterocycles. The highest BCUT2D eigenvalue weighted by Gasteiger charge is 2.27. The molecule has 0 saturated heterocycles. The number of esters is 1. The van der Waals surface area contributed by atoms with Crippen LogP contribution in [-0.2, 0) is 17.6 Å². The largest absolute Gasteiger partial charge is 0.465 e. The first-order valence-electron chi connectivity index (χ1n) is 11.8. The molecule has 0 spiro atoms. The zero-order chi connectivity index (χ0) is 23.9. The van der Waals surface area contributed by atoms with Gasteiger partial charge in [-0.2, -0.15) is 0 Å². The Morgan fingerprint density at radius 2 is 1.51 bits per heavy atom. The highest BCUT2D eigenvalue weighted by atomic mass is 16.5. The van der Waals surface area contributed by atoms with E-state index in [1.807, 2.05) is 48.5 Å². The Labute approximate surface area is 202 Å². The first-order chi connectivity index (χ1) is 17.2. The SMILES string of the molecule is COC(=O)c1cc(=O)oc2c3c(c4nc(-c5ccccc5)cc(-c5ccccc5)c4c12)CCCC3. The highest BCUT2D eigenvalue weighted by molar-refractivity contribution is 6.20. The molecule has 0 unspecified atom stereocenters. The lowest BCUT2D eigenvalue weighted by atomic mass is 9.84. The van der Waals surface area contributed by atoms with E-state index in [4.69, 9.17) is 14.1 Å². The number of rotatable bonds is 3. The third-order valence-electron chi connectivity index (χ3n) is 6.82. The van der Waals surface area contributed by atoms with Crippen molar-refractivity contribution >= 4 is 27.8 Å². The fourth-order valence-corrected chi connectivity index (χ4v) is 5.26. The van der Waals surface area contributed by atoms with E-state index in [1.54, 1.807) is 0 Å². The van der Waals surface area contributed by atoms with Crippen molar-refractivity contribution in [2.24, 2.45) is 0 Å². The summed E-state index contributed by atoms with van der Waals surface area (Å²) in [7, 11) is 1.33. The molecule has 5 heteroatoms. The predicted molar refractivity (Wildman–Crippen MR) is 137 cm³/mol. The van der Waals surface area contributed by atoms with Gasteiger partial charge >= 0.3 is 11.6 Å². The number of aryl methyl sites for hydroxylation is 2. The molecule has 3 aromatic carbocycles. The molecule has 0 radical (unpaired) electrons. The van der Waals surface area contributed by atoms with E-state index in [0.717, 1.165) is 70.1 Å². The van der Waals surface area contributed by atoms with E-state index < -0.39 is 11.6 Å². The van der Waals surface area contributed by atoms with Crippen LogP contribution >= 0.6 is 0 Å². The van der Waals surface area contributed by atoms with Gasteiger partial charge in [-0.3, -0.25) is 0 Å². The molecule has 0 N–H and O–H groups in total. The van der Waals surface area contributed by atoms with E-state index in [-0.39, 0.29) is 5.56 Å². The molecule has 1 aliphatic rings. The second-order valence-electron chi connectivity index (χ2n) is 8.85. The van der Waals surface area contributed by atoms with E-state index in [0.29, 0.717) is 11.0 Å². The first-order valence-corrected chi connectivity index (χ1v) is 11.8. The van der Waals surface area contributed by atoms with Gasteiger partial charge in [-0.25, -0.2) is 14.6 Å². The zero-order valence-electron chi connectivity index (χ0n) is 19.3. The lowest BCUT2D eigenvalue weighted by Gasteiger charge is -2.22. The third kappa shape index (κ3) is 3.51. The highest BCUT2D eigenvalue weighted by Crippen LogP contribution is 2.43. The summed E-state index contributed by atoms with van der Waals surface area (Å²) in [6, 6.07) is 23.5. The van der Waals surface area contributed by atoms with Gasteiger partial charge in [-0.1, -0.05) is 60.7 Å². The molecular weight excluding hydrogens is 438 g/mol. The van der Waals surface area contributed by atoms with Gasteiger partial charge in [0.1, 0.15) is 5.58 Å². The maximum Gasteiger partial charge on any atom is 0.338 e. The molecule has 35 heavy (non-hydrogen) atoms. The number of pyridine rings is 1. The predicted octanol–water partition coefficient (Wildman–Crippen LogP) is 6.34. The Morgan fingerprint density at radius 3 is 2.20 bits per heavy atom. The molecular formula is C30H23NO4. The van der Waals surface area contributed by atoms with Gasteiger partial charge in [0.25, 0.3) is 0 Å². The number of nitrogens with zero attached hydrogens (tertiary/aromatic N) is 1. The second kappa shape index (κ2) is 8.51. The fourth-order valence-electron chi connectivity index (χ4n) is 5.26.